The molecule has 0 radical (unpaired) electrons. The first-order chi connectivity index (χ1) is 23.8. The molecule has 2 heterocycles. The van der Waals surface area contributed by atoms with Crippen LogP contribution in [-0.2, 0) is 41.7 Å². The minimum atomic E-state index is -2.10. The van der Waals surface area contributed by atoms with E-state index in [9.17, 15) is 44.7 Å². The summed E-state index contributed by atoms with van der Waals surface area (Å²) in [6, 6.07) is 3.43. The summed E-state index contributed by atoms with van der Waals surface area (Å²) in [6.45, 7) is 2.52. The number of benzene rings is 2. The van der Waals surface area contributed by atoms with Crippen molar-refractivity contribution in [3.8, 4) is 11.5 Å². The smallest absolute Gasteiger partial charge is 0.237 e. The summed E-state index contributed by atoms with van der Waals surface area (Å²) in [5.41, 5.74) is -3.40. The van der Waals surface area contributed by atoms with Gasteiger partial charge in [0, 0.05) is 48.1 Å². The van der Waals surface area contributed by atoms with Gasteiger partial charge >= 0.3 is 0 Å². The quantitative estimate of drug-likeness (QED) is 0.136. The third-order valence-electron chi connectivity index (χ3n) is 10.2. The Kier molecular flexibility index (Phi) is 10.1. The molecular formula is C35H42N2O13. The summed E-state index contributed by atoms with van der Waals surface area (Å²) in [6.07, 6.45) is -3.45. The number of carbonyl (C=O) groups excluding carboxylic acids is 4. The number of nitrogens with zero attached hydrogens (tertiary/aromatic N) is 1. The minimum Gasteiger partial charge on any atom is -0.507 e. The van der Waals surface area contributed by atoms with Crippen LogP contribution in [0.1, 0.15) is 101 Å². The number of ketones is 3. The fraction of sp³-hybridized carbons (Fsp3) is 0.543. The number of amides is 1. The molecule has 6 rings (SSSR count). The average molecular weight is 699 g/mol. The monoisotopic (exact) mass is 698 g/mol. The van der Waals surface area contributed by atoms with E-state index in [0.29, 0.717) is 13.0 Å². The Balaban J connectivity index is 1.31. The number of phenolic OH excluding ortho intramolecular Hbond substituents is 2. The van der Waals surface area contributed by atoms with Gasteiger partial charge in [0.1, 0.15) is 36.0 Å². The number of hydrogen-bond acceptors (Lipinski definition) is 14. The molecule has 2 aliphatic heterocycles. The van der Waals surface area contributed by atoms with Crippen LogP contribution in [0.2, 0.25) is 0 Å². The number of hydrogen-bond donors (Lipinski definition) is 6. The normalized spacial score (nSPS) is 29.3. The SMILES string of the molecule is CON(CC(=O)NC1C[C@H](O[C@H]2C[C@](O)(C(C)=O)Cc3c(O)c4c(c(O)c32)C(=O)c2c(CO)cccc2C4=O)OC(C)[C@H]1O)[C@H]1CCCCO1. The molecule has 4 aliphatic rings. The number of aliphatic hydroxyl groups is 3. The summed E-state index contributed by atoms with van der Waals surface area (Å²) in [4.78, 5) is 58.8. The van der Waals surface area contributed by atoms with Crippen molar-refractivity contribution in [2.45, 2.75) is 101 Å². The number of carbonyl (C=O) groups is 4. The zero-order chi connectivity index (χ0) is 36.1. The van der Waals surface area contributed by atoms with Gasteiger partial charge in [-0.1, -0.05) is 18.2 Å². The number of hydroxylamine groups is 2. The number of ether oxygens (including phenoxy) is 3. The summed E-state index contributed by atoms with van der Waals surface area (Å²) < 4.78 is 17.9. The maximum Gasteiger partial charge on any atom is 0.237 e. The van der Waals surface area contributed by atoms with E-state index < -0.39 is 108 Å². The molecule has 6 N–H and O–H groups in total. The third-order valence-corrected chi connectivity index (χ3v) is 10.2. The Morgan fingerprint density at radius 2 is 1.84 bits per heavy atom. The fourth-order valence-corrected chi connectivity index (χ4v) is 7.46. The van der Waals surface area contributed by atoms with Crippen LogP contribution in [0.4, 0.5) is 0 Å². The van der Waals surface area contributed by atoms with Crippen LogP contribution < -0.4 is 5.32 Å². The van der Waals surface area contributed by atoms with Crippen LogP contribution in [0.25, 0.3) is 0 Å². The number of Topliss-reactive ketones (excluding diaryl/α,β-unsaturated/α-hetero) is 1. The Morgan fingerprint density at radius 3 is 2.50 bits per heavy atom. The molecule has 0 bridgehead atoms. The maximum atomic E-state index is 13.9. The highest BCUT2D eigenvalue weighted by Gasteiger charge is 2.49. The Hall–Kier alpha value is -3.80. The second-order valence-corrected chi connectivity index (χ2v) is 13.3. The second-order valence-electron chi connectivity index (χ2n) is 13.3. The van der Waals surface area contributed by atoms with Crippen molar-refractivity contribution in [2.75, 3.05) is 20.3 Å². The van der Waals surface area contributed by atoms with E-state index in [2.05, 4.69) is 5.32 Å². The molecule has 2 aliphatic carbocycles. The van der Waals surface area contributed by atoms with E-state index in [1.807, 2.05) is 0 Å². The lowest BCUT2D eigenvalue weighted by Gasteiger charge is -2.43. The molecule has 2 aromatic rings. The average Bonchev–Trinajstić information content (AvgIpc) is 3.09. The van der Waals surface area contributed by atoms with E-state index in [1.54, 1.807) is 6.92 Å². The van der Waals surface area contributed by atoms with Crippen LogP contribution in [-0.4, -0.2) is 110 Å². The van der Waals surface area contributed by atoms with Gasteiger partial charge in [-0.2, -0.15) is 5.06 Å². The van der Waals surface area contributed by atoms with Crippen molar-refractivity contribution in [2.24, 2.45) is 0 Å². The summed E-state index contributed by atoms with van der Waals surface area (Å²) >= 11 is 0. The van der Waals surface area contributed by atoms with Crippen LogP contribution in [0.3, 0.4) is 0 Å². The molecule has 7 atom stereocenters. The van der Waals surface area contributed by atoms with Crippen molar-refractivity contribution < 1.29 is 63.8 Å². The molecule has 0 aromatic heterocycles. The van der Waals surface area contributed by atoms with Gasteiger partial charge in [0.05, 0.1) is 43.1 Å². The molecule has 0 spiro atoms. The van der Waals surface area contributed by atoms with Crippen molar-refractivity contribution in [3.63, 3.8) is 0 Å². The second kappa shape index (κ2) is 14.1. The fourth-order valence-electron chi connectivity index (χ4n) is 7.46. The predicted molar refractivity (Wildman–Crippen MR) is 171 cm³/mol. The maximum absolute atomic E-state index is 13.9. The lowest BCUT2D eigenvalue weighted by molar-refractivity contribution is -0.252. The van der Waals surface area contributed by atoms with Crippen LogP contribution >= 0.6 is 0 Å². The highest BCUT2D eigenvalue weighted by Crippen LogP contribution is 2.52. The number of rotatable bonds is 9. The molecule has 2 fully saturated rings. The van der Waals surface area contributed by atoms with Gasteiger partial charge in [0.2, 0.25) is 5.91 Å². The van der Waals surface area contributed by atoms with E-state index in [1.165, 1.54) is 30.4 Å². The summed E-state index contributed by atoms with van der Waals surface area (Å²) in [5, 5.41) is 59.8. The number of phenols is 2. The summed E-state index contributed by atoms with van der Waals surface area (Å²) in [5.74, 6) is -4.10. The van der Waals surface area contributed by atoms with E-state index in [4.69, 9.17) is 19.0 Å². The number of nitrogens with one attached hydrogen (secondary N) is 1. The Morgan fingerprint density at radius 1 is 1.10 bits per heavy atom. The largest absolute Gasteiger partial charge is 0.507 e. The number of aromatic hydroxyl groups is 2. The molecule has 15 heteroatoms. The van der Waals surface area contributed by atoms with Gasteiger partial charge in [-0.3, -0.25) is 24.0 Å². The van der Waals surface area contributed by atoms with Crippen molar-refractivity contribution >= 4 is 23.3 Å². The first kappa shape index (κ1) is 36.0. The highest BCUT2D eigenvalue weighted by molar-refractivity contribution is 6.31. The standard InChI is InChI=1S/C35H42N2O13/c1-16-30(41)21(36-23(40)14-37(47-3)24-9-4-5-10-48-24)11-25(49-16)50-22-13-35(46,17(2)39)12-20-27(22)34(45)29-28(32(20)43)31(42)19-8-6-7-18(15-38)26(19)33(29)44/h6-8,16,21-22,24-25,30,38,41,43,45-46H,4-5,9-15H2,1-3H3,(H,36,40)/t16?,21?,22-,24+,25-,30+,35-/m0/s1. The molecule has 2 unspecified atom stereocenters. The summed E-state index contributed by atoms with van der Waals surface area (Å²) in [7, 11) is 1.43. The Bertz CT molecular complexity index is 1710. The van der Waals surface area contributed by atoms with Gasteiger partial charge in [-0.25, -0.2) is 0 Å². The highest BCUT2D eigenvalue weighted by atomic mass is 16.7. The van der Waals surface area contributed by atoms with Gasteiger partial charge in [-0.15, -0.1) is 0 Å². The van der Waals surface area contributed by atoms with Gasteiger partial charge in [-0.05, 0) is 38.7 Å². The van der Waals surface area contributed by atoms with Gasteiger partial charge < -0.3 is 45.1 Å². The first-order valence-electron chi connectivity index (χ1n) is 16.7. The molecule has 50 heavy (non-hydrogen) atoms. The number of fused-ring (bicyclic) bond motifs is 3. The van der Waals surface area contributed by atoms with Crippen LogP contribution in [0.5, 0.6) is 11.5 Å². The predicted octanol–water partition coefficient (Wildman–Crippen LogP) is 1.06. The molecular weight excluding hydrogens is 656 g/mol. The van der Waals surface area contributed by atoms with Gasteiger partial charge in [0.15, 0.2) is 23.6 Å². The van der Waals surface area contributed by atoms with Crippen molar-refractivity contribution in [3.05, 3.63) is 57.1 Å². The van der Waals surface area contributed by atoms with Gasteiger partial charge in [0.25, 0.3) is 0 Å². The zero-order valence-electron chi connectivity index (χ0n) is 28.0. The van der Waals surface area contributed by atoms with E-state index >= 15 is 0 Å². The van der Waals surface area contributed by atoms with Crippen molar-refractivity contribution in [1.29, 1.82) is 0 Å². The van der Waals surface area contributed by atoms with E-state index in [-0.39, 0.29) is 40.8 Å². The lowest BCUT2D eigenvalue weighted by Crippen LogP contribution is -2.57. The topological polar surface area (TPSA) is 222 Å². The number of aliphatic hydroxyl groups excluding tert-OH is 2. The molecule has 2 aromatic carbocycles. The van der Waals surface area contributed by atoms with Crippen LogP contribution in [0, 0.1) is 0 Å². The first-order valence-corrected chi connectivity index (χ1v) is 16.7. The molecule has 1 amide bonds. The Labute approximate surface area is 287 Å². The van der Waals surface area contributed by atoms with Crippen LogP contribution in [0.15, 0.2) is 18.2 Å². The lowest BCUT2D eigenvalue weighted by atomic mass is 9.71. The molecule has 2 saturated heterocycles. The molecule has 270 valence electrons. The minimum absolute atomic E-state index is 0.0785. The third kappa shape index (κ3) is 6.32. The van der Waals surface area contributed by atoms with Crippen molar-refractivity contribution in [1.82, 2.24) is 10.4 Å². The van der Waals surface area contributed by atoms with E-state index in [0.717, 1.165) is 19.8 Å². The zero-order valence-corrected chi connectivity index (χ0v) is 28.0. The molecule has 0 saturated carbocycles. The molecule has 15 nitrogen and oxygen atoms in total.